The van der Waals surface area contributed by atoms with E-state index in [1.165, 1.54) is 12.1 Å². The molecular formula is C13H11FN4. The van der Waals surface area contributed by atoms with E-state index in [0.717, 1.165) is 5.69 Å². The van der Waals surface area contributed by atoms with Gasteiger partial charge in [0.05, 0.1) is 5.69 Å². The molecule has 0 spiro atoms. The number of halogens is 1. The van der Waals surface area contributed by atoms with Crippen LogP contribution in [0.5, 0.6) is 0 Å². The maximum Gasteiger partial charge on any atom is 0.168 e. The van der Waals surface area contributed by atoms with Gasteiger partial charge in [0.2, 0.25) is 0 Å². The Balaban J connectivity index is 2.33. The molecule has 18 heavy (non-hydrogen) atoms. The number of nitrogens with zero attached hydrogens (tertiary/aromatic N) is 3. The molecule has 3 aromatic rings. The third kappa shape index (κ3) is 1.52. The van der Waals surface area contributed by atoms with Crippen LogP contribution in [0.2, 0.25) is 0 Å². The van der Waals surface area contributed by atoms with Gasteiger partial charge in [-0.3, -0.25) is 4.40 Å². The molecule has 2 N–H and O–H groups in total. The summed E-state index contributed by atoms with van der Waals surface area (Å²) in [5.41, 5.74) is 8.74. The van der Waals surface area contributed by atoms with Crippen LogP contribution in [0.4, 0.5) is 10.1 Å². The van der Waals surface area contributed by atoms with Gasteiger partial charge in [0.25, 0.3) is 0 Å². The first kappa shape index (κ1) is 10.7. The number of fused-ring (bicyclic) bond motifs is 1. The van der Waals surface area contributed by atoms with Crippen LogP contribution in [0.15, 0.2) is 36.4 Å². The monoisotopic (exact) mass is 242 g/mol. The molecule has 0 amide bonds. The maximum atomic E-state index is 13.3. The first-order valence-corrected chi connectivity index (χ1v) is 5.53. The number of hydrogen-bond acceptors (Lipinski definition) is 3. The smallest absolute Gasteiger partial charge is 0.168 e. The zero-order chi connectivity index (χ0) is 12.7. The second kappa shape index (κ2) is 3.80. The van der Waals surface area contributed by atoms with Gasteiger partial charge in [-0.25, -0.2) is 4.39 Å². The van der Waals surface area contributed by atoms with Crippen LogP contribution < -0.4 is 5.73 Å². The molecule has 2 aromatic heterocycles. The Morgan fingerprint density at radius 3 is 2.78 bits per heavy atom. The second-order valence-corrected chi connectivity index (χ2v) is 4.10. The molecule has 4 nitrogen and oxygen atoms in total. The van der Waals surface area contributed by atoms with Crippen LogP contribution in [0.25, 0.3) is 17.0 Å². The lowest BCUT2D eigenvalue weighted by atomic mass is 10.2. The van der Waals surface area contributed by atoms with E-state index >= 15 is 0 Å². The minimum atomic E-state index is -0.300. The van der Waals surface area contributed by atoms with Crippen molar-refractivity contribution in [3.05, 3.63) is 47.9 Å². The minimum Gasteiger partial charge on any atom is -0.397 e. The fraction of sp³-hybridized carbons (Fsp3) is 0.0769. The number of anilines is 1. The molecule has 0 aliphatic carbocycles. The van der Waals surface area contributed by atoms with Crippen molar-refractivity contribution in [2.24, 2.45) is 0 Å². The summed E-state index contributed by atoms with van der Waals surface area (Å²) in [5.74, 6) is 0.292. The lowest BCUT2D eigenvalue weighted by Gasteiger charge is -2.06. The first-order chi connectivity index (χ1) is 8.66. The maximum absolute atomic E-state index is 13.3. The topological polar surface area (TPSA) is 56.2 Å². The van der Waals surface area contributed by atoms with Gasteiger partial charge in [0.15, 0.2) is 11.5 Å². The van der Waals surface area contributed by atoms with Crippen molar-refractivity contribution in [2.45, 2.75) is 6.92 Å². The molecule has 0 saturated heterocycles. The predicted octanol–water partition coefficient (Wildman–Crippen LogP) is 2.43. The van der Waals surface area contributed by atoms with Gasteiger partial charge in [-0.15, -0.1) is 10.2 Å². The van der Waals surface area contributed by atoms with Gasteiger partial charge < -0.3 is 5.73 Å². The number of aromatic nitrogens is 3. The van der Waals surface area contributed by atoms with E-state index in [9.17, 15) is 4.39 Å². The van der Waals surface area contributed by atoms with Crippen molar-refractivity contribution in [3.8, 4) is 11.4 Å². The van der Waals surface area contributed by atoms with Crippen LogP contribution in [0.3, 0.4) is 0 Å². The normalized spacial score (nSPS) is 11.0. The highest BCUT2D eigenvalue weighted by molar-refractivity contribution is 5.63. The van der Waals surface area contributed by atoms with E-state index in [1.807, 2.05) is 11.3 Å². The van der Waals surface area contributed by atoms with Crippen LogP contribution in [0.1, 0.15) is 5.69 Å². The Kier molecular flexibility index (Phi) is 2.26. The number of nitrogen functional groups attached to an aromatic ring is 1. The van der Waals surface area contributed by atoms with E-state index in [2.05, 4.69) is 10.2 Å². The quantitative estimate of drug-likeness (QED) is 0.713. The highest BCUT2D eigenvalue weighted by Crippen LogP contribution is 2.22. The third-order valence-corrected chi connectivity index (χ3v) is 2.94. The molecule has 0 radical (unpaired) electrons. The van der Waals surface area contributed by atoms with E-state index in [0.29, 0.717) is 22.7 Å². The number of hydrogen-bond donors (Lipinski definition) is 1. The van der Waals surface area contributed by atoms with Crippen LogP contribution in [-0.4, -0.2) is 14.6 Å². The third-order valence-electron chi connectivity index (χ3n) is 2.94. The largest absolute Gasteiger partial charge is 0.397 e. The summed E-state index contributed by atoms with van der Waals surface area (Å²) in [5, 5.41) is 8.16. The molecule has 2 heterocycles. The number of nitrogens with two attached hydrogens (primary N) is 1. The molecular weight excluding hydrogens is 231 g/mol. The fourth-order valence-electron chi connectivity index (χ4n) is 1.96. The predicted molar refractivity (Wildman–Crippen MR) is 67.5 cm³/mol. The summed E-state index contributed by atoms with van der Waals surface area (Å²) < 4.78 is 15.1. The molecule has 0 atom stereocenters. The Hall–Kier alpha value is -2.43. The van der Waals surface area contributed by atoms with Crippen molar-refractivity contribution in [1.82, 2.24) is 14.6 Å². The summed E-state index contributed by atoms with van der Waals surface area (Å²) in [4.78, 5) is 0. The number of benzene rings is 1. The first-order valence-electron chi connectivity index (χ1n) is 5.53. The Bertz CT molecular complexity index is 733. The molecule has 0 aliphatic heterocycles. The highest BCUT2D eigenvalue weighted by atomic mass is 19.1. The lowest BCUT2D eigenvalue weighted by molar-refractivity contribution is 0.628. The SMILES string of the molecule is Cc1c(N)ccc2nnc(-c3cccc(F)c3)n12. The molecule has 0 bridgehead atoms. The van der Waals surface area contributed by atoms with Gasteiger partial charge in [-0.05, 0) is 31.2 Å². The number of pyridine rings is 1. The van der Waals surface area contributed by atoms with E-state index in [-0.39, 0.29) is 5.82 Å². The van der Waals surface area contributed by atoms with E-state index in [4.69, 9.17) is 5.73 Å². The van der Waals surface area contributed by atoms with Gasteiger partial charge in [0.1, 0.15) is 5.82 Å². The van der Waals surface area contributed by atoms with Crippen molar-refractivity contribution in [1.29, 1.82) is 0 Å². The number of rotatable bonds is 1. The Morgan fingerprint density at radius 1 is 1.17 bits per heavy atom. The van der Waals surface area contributed by atoms with Gasteiger partial charge >= 0.3 is 0 Å². The van der Waals surface area contributed by atoms with E-state index < -0.39 is 0 Å². The zero-order valence-electron chi connectivity index (χ0n) is 9.76. The zero-order valence-corrected chi connectivity index (χ0v) is 9.76. The number of aryl methyl sites for hydroxylation is 1. The average molecular weight is 242 g/mol. The summed E-state index contributed by atoms with van der Waals surface area (Å²) in [6.45, 7) is 1.88. The Labute approximate surface area is 103 Å². The Morgan fingerprint density at radius 2 is 2.00 bits per heavy atom. The fourth-order valence-corrected chi connectivity index (χ4v) is 1.96. The van der Waals surface area contributed by atoms with Crippen LogP contribution in [0, 0.1) is 12.7 Å². The van der Waals surface area contributed by atoms with Crippen LogP contribution >= 0.6 is 0 Å². The van der Waals surface area contributed by atoms with Crippen molar-refractivity contribution < 1.29 is 4.39 Å². The van der Waals surface area contributed by atoms with Gasteiger partial charge in [-0.2, -0.15) is 0 Å². The van der Waals surface area contributed by atoms with Crippen molar-refractivity contribution in [3.63, 3.8) is 0 Å². The summed E-state index contributed by atoms with van der Waals surface area (Å²) >= 11 is 0. The standard InChI is InChI=1S/C13H11FN4/c1-8-11(15)5-6-12-16-17-13(18(8)12)9-3-2-4-10(14)7-9/h2-7H,15H2,1H3. The van der Waals surface area contributed by atoms with Crippen molar-refractivity contribution in [2.75, 3.05) is 5.73 Å². The van der Waals surface area contributed by atoms with Crippen LogP contribution in [-0.2, 0) is 0 Å². The summed E-state index contributed by atoms with van der Waals surface area (Å²) in [7, 11) is 0. The van der Waals surface area contributed by atoms with E-state index in [1.54, 1.807) is 24.3 Å². The molecule has 0 fully saturated rings. The summed E-state index contributed by atoms with van der Waals surface area (Å²) in [6, 6.07) is 9.84. The van der Waals surface area contributed by atoms with Gasteiger partial charge in [-0.1, -0.05) is 12.1 Å². The molecule has 0 unspecified atom stereocenters. The lowest BCUT2D eigenvalue weighted by Crippen LogP contribution is -1.99. The van der Waals surface area contributed by atoms with Gasteiger partial charge in [0, 0.05) is 11.3 Å². The minimum absolute atomic E-state index is 0.300. The summed E-state index contributed by atoms with van der Waals surface area (Å²) in [6.07, 6.45) is 0. The molecule has 90 valence electrons. The molecule has 0 saturated carbocycles. The second-order valence-electron chi connectivity index (χ2n) is 4.10. The molecule has 1 aromatic carbocycles. The molecule has 5 heteroatoms. The molecule has 0 aliphatic rings. The molecule has 3 rings (SSSR count). The average Bonchev–Trinajstić information content (AvgIpc) is 2.78. The van der Waals surface area contributed by atoms with Crippen molar-refractivity contribution >= 4 is 11.3 Å². The highest BCUT2D eigenvalue weighted by Gasteiger charge is 2.11.